The zero-order valence-corrected chi connectivity index (χ0v) is 12.9. The Morgan fingerprint density at radius 3 is 2.40 bits per heavy atom. The molecule has 1 atom stereocenters. The van der Waals surface area contributed by atoms with E-state index in [1.165, 1.54) is 0 Å². The van der Waals surface area contributed by atoms with Crippen LogP contribution in [0.25, 0.3) is 0 Å². The summed E-state index contributed by atoms with van der Waals surface area (Å²) in [7, 11) is 0. The van der Waals surface area contributed by atoms with E-state index in [1.54, 1.807) is 16.8 Å². The number of amides is 1. The monoisotopic (exact) mass is 300 g/mol. The third-order valence-electron chi connectivity index (χ3n) is 2.91. The highest BCUT2D eigenvalue weighted by molar-refractivity contribution is 6.31. The van der Waals surface area contributed by atoms with Gasteiger partial charge in [-0.2, -0.15) is 0 Å². The summed E-state index contributed by atoms with van der Waals surface area (Å²) < 4.78 is 1.73. The molecule has 0 spiro atoms. The second kappa shape index (κ2) is 6.79. The van der Waals surface area contributed by atoms with Gasteiger partial charge in [-0.1, -0.05) is 25.4 Å². The topological polar surface area (TPSA) is 71.3 Å². The van der Waals surface area contributed by atoms with Gasteiger partial charge in [0.25, 0.3) is 5.91 Å². The maximum absolute atomic E-state index is 12.2. The number of rotatable bonds is 6. The van der Waals surface area contributed by atoms with Gasteiger partial charge in [-0.3, -0.25) is 4.79 Å². The van der Waals surface area contributed by atoms with Gasteiger partial charge in [-0.15, -0.1) is 0 Å². The zero-order chi connectivity index (χ0) is 15.4. The van der Waals surface area contributed by atoms with Gasteiger partial charge in [-0.25, -0.2) is 4.79 Å². The van der Waals surface area contributed by atoms with Gasteiger partial charge in [-0.05, 0) is 32.3 Å². The number of carbonyl (C=O) groups excluding carboxylic acids is 1. The molecular formula is C14H21ClN2O3. The lowest BCUT2D eigenvalue weighted by Gasteiger charge is -2.18. The normalized spacial score (nSPS) is 12.8. The van der Waals surface area contributed by atoms with Crippen molar-refractivity contribution >= 4 is 23.5 Å². The Bertz CT molecular complexity index is 495. The molecule has 0 aliphatic carbocycles. The van der Waals surface area contributed by atoms with Crippen LogP contribution in [0.5, 0.6) is 0 Å². The summed E-state index contributed by atoms with van der Waals surface area (Å²) in [5.74, 6) is -1.27. The van der Waals surface area contributed by atoms with Crippen LogP contribution in [0.3, 0.4) is 0 Å². The lowest BCUT2D eigenvalue weighted by Crippen LogP contribution is -2.42. The first-order valence-electron chi connectivity index (χ1n) is 6.63. The highest BCUT2D eigenvalue weighted by Gasteiger charge is 2.24. The van der Waals surface area contributed by atoms with Gasteiger partial charge >= 0.3 is 5.97 Å². The van der Waals surface area contributed by atoms with Crippen molar-refractivity contribution in [2.75, 3.05) is 0 Å². The van der Waals surface area contributed by atoms with Crippen molar-refractivity contribution < 1.29 is 14.7 Å². The minimum atomic E-state index is -1.03. The first-order valence-corrected chi connectivity index (χ1v) is 7.01. The summed E-state index contributed by atoms with van der Waals surface area (Å²) >= 11 is 5.92. The first kappa shape index (κ1) is 16.6. The maximum atomic E-state index is 12.2. The Morgan fingerprint density at radius 1 is 1.35 bits per heavy atom. The number of carbonyl (C=O) groups is 2. The SMILES string of the molecule is CC(C)C[C@@H](NC(=O)c1cc(Cl)cn1C(C)C)C(=O)O. The summed E-state index contributed by atoms with van der Waals surface area (Å²) in [6.07, 6.45) is 2.05. The summed E-state index contributed by atoms with van der Waals surface area (Å²) in [5, 5.41) is 12.2. The average Bonchev–Trinajstić information content (AvgIpc) is 2.69. The smallest absolute Gasteiger partial charge is 0.326 e. The standard InChI is InChI=1S/C14H21ClN2O3/c1-8(2)5-11(14(19)20)16-13(18)12-6-10(15)7-17(12)9(3)4/h6-9,11H,5H2,1-4H3,(H,16,18)(H,19,20)/t11-/m1/s1. The highest BCUT2D eigenvalue weighted by Crippen LogP contribution is 2.19. The summed E-state index contributed by atoms with van der Waals surface area (Å²) in [6, 6.07) is 0.721. The number of carboxylic acid groups (broad SMARTS) is 1. The van der Waals surface area contributed by atoms with Gasteiger partial charge in [0.2, 0.25) is 0 Å². The number of hydrogen-bond acceptors (Lipinski definition) is 2. The zero-order valence-electron chi connectivity index (χ0n) is 12.2. The lowest BCUT2D eigenvalue weighted by atomic mass is 10.0. The van der Waals surface area contributed by atoms with E-state index in [9.17, 15) is 9.59 Å². The summed E-state index contributed by atoms with van der Waals surface area (Å²) in [5.41, 5.74) is 0.375. The fourth-order valence-electron chi connectivity index (χ4n) is 1.98. The number of hydrogen-bond donors (Lipinski definition) is 2. The highest BCUT2D eigenvalue weighted by atomic mass is 35.5. The van der Waals surface area contributed by atoms with Crippen LogP contribution in [-0.2, 0) is 4.79 Å². The Morgan fingerprint density at radius 2 is 1.95 bits per heavy atom. The molecule has 0 radical (unpaired) electrons. The fraction of sp³-hybridized carbons (Fsp3) is 0.571. The van der Waals surface area contributed by atoms with E-state index in [-0.39, 0.29) is 12.0 Å². The van der Waals surface area contributed by atoms with Crippen LogP contribution in [0.1, 0.15) is 50.6 Å². The van der Waals surface area contributed by atoms with Crippen LogP contribution in [0.4, 0.5) is 0 Å². The third kappa shape index (κ3) is 4.27. The maximum Gasteiger partial charge on any atom is 0.326 e. The van der Waals surface area contributed by atoms with Crippen LogP contribution in [0, 0.1) is 5.92 Å². The number of aliphatic carboxylic acids is 1. The van der Waals surface area contributed by atoms with Gasteiger partial charge < -0.3 is 15.0 Å². The van der Waals surface area contributed by atoms with Gasteiger partial charge in [0.1, 0.15) is 11.7 Å². The molecule has 2 N–H and O–H groups in total. The van der Waals surface area contributed by atoms with Crippen molar-refractivity contribution in [1.29, 1.82) is 0 Å². The Kier molecular flexibility index (Phi) is 5.62. The fourth-order valence-corrected chi connectivity index (χ4v) is 2.19. The van der Waals surface area contributed by atoms with Crippen molar-refractivity contribution in [3.05, 3.63) is 23.0 Å². The van der Waals surface area contributed by atoms with E-state index in [2.05, 4.69) is 5.32 Å². The predicted molar refractivity (Wildman–Crippen MR) is 78.2 cm³/mol. The molecule has 0 aliphatic heterocycles. The minimum Gasteiger partial charge on any atom is -0.480 e. The van der Waals surface area contributed by atoms with Gasteiger partial charge in [0.05, 0.1) is 5.02 Å². The molecule has 0 bridgehead atoms. The quantitative estimate of drug-likeness (QED) is 0.848. The third-order valence-corrected chi connectivity index (χ3v) is 3.12. The van der Waals surface area contributed by atoms with Crippen LogP contribution < -0.4 is 5.32 Å². The lowest BCUT2D eigenvalue weighted by molar-refractivity contribution is -0.139. The molecule has 1 rings (SSSR count). The Hall–Kier alpha value is -1.49. The second-order valence-corrected chi connectivity index (χ2v) is 5.97. The number of nitrogens with one attached hydrogen (secondary N) is 1. The van der Waals surface area contributed by atoms with Gasteiger partial charge in [0, 0.05) is 12.2 Å². The number of nitrogens with zero attached hydrogens (tertiary/aromatic N) is 1. The molecule has 0 fully saturated rings. The Balaban J connectivity index is 2.92. The largest absolute Gasteiger partial charge is 0.480 e. The van der Waals surface area contributed by atoms with Crippen molar-refractivity contribution in [3.63, 3.8) is 0 Å². The summed E-state index contributed by atoms with van der Waals surface area (Å²) in [6.45, 7) is 7.68. The van der Waals surface area contributed by atoms with Crippen molar-refractivity contribution in [2.24, 2.45) is 5.92 Å². The van der Waals surface area contributed by atoms with Crippen molar-refractivity contribution in [1.82, 2.24) is 9.88 Å². The summed E-state index contributed by atoms with van der Waals surface area (Å²) in [4.78, 5) is 23.4. The molecule has 0 saturated carbocycles. The van der Waals surface area contributed by atoms with Crippen LogP contribution in [0.15, 0.2) is 12.3 Å². The molecule has 0 saturated heterocycles. The molecule has 1 aromatic heterocycles. The average molecular weight is 301 g/mol. The molecule has 0 unspecified atom stereocenters. The minimum absolute atomic E-state index is 0.0663. The van der Waals surface area contributed by atoms with E-state index >= 15 is 0 Å². The first-order chi connectivity index (χ1) is 9.22. The number of carboxylic acids is 1. The molecule has 1 heterocycles. The molecule has 112 valence electrons. The van der Waals surface area contributed by atoms with E-state index in [0.717, 1.165) is 0 Å². The van der Waals surface area contributed by atoms with Gasteiger partial charge in [0.15, 0.2) is 0 Å². The molecule has 5 nitrogen and oxygen atoms in total. The molecule has 0 aliphatic rings. The predicted octanol–water partition coefficient (Wildman–Crippen LogP) is 2.95. The van der Waals surface area contributed by atoms with Crippen LogP contribution in [-0.4, -0.2) is 27.6 Å². The van der Waals surface area contributed by atoms with E-state index in [0.29, 0.717) is 17.1 Å². The van der Waals surface area contributed by atoms with E-state index in [4.69, 9.17) is 16.7 Å². The van der Waals surface area contributed by atoms with Crippen LogP contribution in [0.2, 0.25) is 5.02 Å². The van der Waals surface area contributed by atoms with Crippen molar-refractivity contribution in [2.45, 2.75) is 46.2 Å². The molecule has 20 heavy (non-hydrogen) atoms. The number of halogens is 1. The molecule has 1 aromatic rings. The van der Waals surface area contributed by atoms with E-state index in [1.807, 2.05) is 27.7 Å². The molecule has 1 amide bonds. The van der Waals surface area contributed by atoms with Crippen molar-refractivity contribution in [3.8, 4) is 0 Å². The molecule has 6 heteroatoms. The molecular weight excluding hydrogens is 280 g/mol. The second-order valence-electron chi connectivity index (χ2n) is 5.54. The molecule has 0 aromatic carbocycles. The van der Waals surface area contributed by atoms with Crippen LogP contribution >= 0.6 is 11.6 Å². The Labute approximate surface area is 123 Å². The van der Waals surface area contributed by atoms with E-state index < -0.39 is 17.9 Å². The number of aromatic nitrogens is 1.